The molecule has 1 fully saturated rings. The predicted octanol–water partition coefficient (Wildman–Crippen LogP) is 2.05. The Labute approximate surface area is 143 Å². The highest BCUT2D eigenvalue weighted by Gasteiger charge is 2.13. The van der Waals surface area contributed by atoms with E-state index < -0.39 is 0 Å². The molecule has 3 aromatic rings. The minimum absolute atomic E-state index is 0.170. The summed E-state index contributed by atoms with van der Waals surface area (Å²) in [5.41, 5.74) is 1.25. The van der Waals surface area contributed by atoms with Gasteiger partial charge in [-0.3, -0.25) is 4.79 Å². The molecule has 24 heavy (non-hydrogen) atoms. The summed E-state index contributed by atoms with van der Waals surface area (Å²) >= 11 is 6.22. The van der Waals surface area contributed by atoms with E-state index in [4.69, 9.17) is 11.6 Å². The summed E-state index contributed by atoms with van der Waals surface area (Å²) in [5.74, 6) is 0.710. The molecule has 4 rings (SSSR count). The Hall–Kier alpha value is -2.44. The summed E-state index contributed by atoms with van der Waals surface area (Å²) in [6, 6.07) is 7.16. The van der Waals surface area contributed by atoms with Gasteiger partial charge in [-0.2, -0.15) is 0 Å². The first kappa shape index (κ1) is 15.1. The molecular weight excluding hydrogens is 326 g/mol. The van der Waals surface area contributed by atoms with Crippen molar-refractivity contribution in [3.05, 3.63) is 52.0 Å². The fourth-order valence-corrected chi connectivity index (χ4v) is 3.12. The summed E-state index contributed by atoms with van der Waals surface area (Å²) in [5, 5.41) is 5.15. The fraction of sp³-hybridized carbons (Fsp3) is 0.235. The van der Waals surface area contributed by atoms with Crippen LogP contribution >= 0.6 is 11.6 Å². The number of nitrogens with zero attached hydrogens (tertiary/aromatic N) is 3. The average molecular weight is 342 g/mol. The van der Waals surface area contributed by atoms with Crippen molar-refractivity contribution in [1.82, 2.24) is 20.3 Å². The molecule has 3 heterocycles. The van der Waals surface area contributed by atoms with Crippen LogP contribution in [0.4, 0.5) is 5.95 Å². The molecule has 2 N–H and O–H groups in total. The Balaban J connectivity index is 1.72. The Kier molecular flexibility index (Phi) is 3.92. The molecule has 122 valence electrons. The summed E-state index contributed by atoms with van der Waals surface area (Å²) < 4.78 is 0. The zero-order valence-electron chi connectivity index (χ0n) is 12.9. The normalized spacial score (nSPS) is 15.0. The number of hydrogen-bond acceptors (Lipinski definition) is 5. The molecule has 1 aliphatic rings. The third kappa shape index (κ3) is 2.74. The number of rotatable bonds is 2. The third-order valence-electron chi connectivity index (χ3n) is 4.18. The number of H-pyrrole nitrogens is 1. The summed E-state index contributed by atoms with van der Waals surface area (Å²) in [6.07, 6.45) is 3.47. The second-order valence-corrected chi connectivity index (χ2v) is 6.13. The number of nitrogens with one attached hydrogen (secondary N) is 2. The Morgan fingerprint density at radius 2 is 1.83 bits per heavy atom. The second-order valence-electron chi connectivity index (χ2n) is 5.72. The monoisotopic (exact) mass is 341 g/mol. The molecule has 0 aliphatic carbocycles. The van der Waals surface area contributed by atoms with E-state index in [0.717, 1.165) is 37.1 Å². The van der Waals surface area contributed by atoms with Gasteiger partial charge in [0, 0.05) is 59.9 Å². The van der Waals surface area contributed by atoms with Gasteiger partial charge in [-0.25, -0.2) is 9.97 Å². The molecule has 7 heteroatoms. The van der Waals surface area contributed by atoms with Crippen LogP contribution in [-0.4, -0.2) is 41.1 Å². The van der Waals surface area contributed by atoms with E-state index in [-0.39, 0.29) is 5.56 Å². The Morgan fingerprint density at radius 1 is 1.08 bits per heavy atom. The van der Waals surface area contributed by atoms with E-state index in [1.54, 1.807) is 30.6 Å². The van der Waals surface area contributed by atoms with Gasteiger partial charge in [-0.1, -0.05) is 17.7 Å². The third-order valence-corrected chi connectivity index (χ3v) is 4.51. The van der Waals surface area contributed by atoms with Gasteiger partial charge in [0.2, 0.25) is 5.95 Å². The van der Waals surface area contributed by atoms with Crippen molar-refractivity contribution in [2.75, 3.05) is 31.1 Å². The highest BCUT2D eigenvalue weighted by molar-refractivity contribution is 6.35. The standard InChI is InChI=1S/C17H16ClN5O/c18-14-3-1-2-12-13(14)8-15(22-16(12)24)11-9-20-17(21-10-11)23-6-4-19-5-7-23/h1-3,8-10,19H,4-7H2,(H,22,24). The first-order valence-corrected chi connectivity index (χ1v) is 8.20. The Bertz CT molecular complexity index is 932. The van der Waals surface area contributed by atoms with Gasteiger partial charge in [-0.15, -0.1) is 0 Å². The van der Waals surface area contributed by atoms with E-state index in [9.17, 15) is 4.79 Å². The molecule has 0 unspecified atom stereocenters. The SMILES string of the molecule is O=c1[nH]c(-c2cnc(N3CCNCC3)nc2)cc2c(Cl)cccc12. The van der Waals surface area contributed by atoms with Crippen molar-refractivity contribution < 1.29 is 0 Å². The second kappa shape index (κ2) is 6.22. The number of halogens is 1. The van der Waals surface area contributed by atoms with Crippen molar-refractivity contribution in [3.8, 4) is 11.3 Å². The van der Waals surface area contributed by atoms with Gasteiger partial charge >= 0.3 is 0 Å². The average Bonchev–Trinajstić information content (AvgIpc) is 2.63. The van der Waals surface area contributed by atoms with Crippen LogP contribution in [-0.2, 0) is 0 Å². The van der Waals surface area contributed by atoms with E-state index in [1.165, 1.54) is 0 Å². The van der Waals surface area contributed by atoms with Crippen molar-refractivity contribution >= 4 is 28.3 Å². The maximum Gasteiger partial charge on any atom is 0.256 e. The van der Waals surface area contributed by atoms with E-state index >= 15 is 0 Å². The fourth-order valence-electron chi connectivity index (χ4n) is 2.90. The number of aromatic nitrogens is 3. The van der Waals surface area contributed by atoms with Crippen LogP contribution < -0.4 is 15.8 Å². The van der Waals surface area contributed by atoms with Crippen molar-refractivity contribution in [2.45, 2.75) is 0 Å². The molecule has 0 bridgehead atoms. The van der Waals surface area contributed by atoms with Crippen LogP contribution in [0.3, 0.4) is 0 Å². The first-order valence-electron chi connectivity index (χ1n) is 7.82. The minimum Gasteiger partial charge on any atom is -0.338 e. The van der Waals surface area contributed by atoms with Crippen LogP contribution in [0.25, 0.3) is 22.0 Å². The molecule has 6 nitrogen and oxygen atoms in total. The highest BCUT2D eigenvalue weighted by atomic mass is 35.5. The van der Waals surface area contributed by atoms with Crippen LogP contribution in [0, 0.1) is 0 Å². The Morgan fingerprint density at radius 3 is 2.58 bits per heavy atom. The molecule has 0 amide bonds. The van der Waals surface area contributed by atoms with E-state index in [1.807, 2.05) is 6.07 Å². The number of benzene rings is 1. The molecule has 0 saturated carbocycles. The molecule has 1 saturated heterocycles. The summed E-state index contributed by atoms with van der Waals surface area (Å²) in [7, 11) is 0. The van der Waals surface area contributed by atoms with Crippen molar-refractivity contribution in [2.24, 2.45) is 0 Å². The maximum atomic E-state index is 12.3. The molecule has 0 atom stereocenters. The predicted molar refractivity (Wildman–Crippen MR) is 95.7 cm³/mol. The zero-order valence-corrected chi connectivity index (χ0v) is 13.7. The lowest BCUT2D eigenvalue weighted by molar-refractivity contribution is 0.580. The van der Waals surface area contributed by atoms with Gasteiger partial charge in [0.15, 0.2) is 0 Å². The number of anilines is 1. The number of fused-ring (bicyclic) bond motifs is 1. The largest absolute Gasteiger partial charge is 0.338 e. The van der Waals surface area contributed by atoms with Crippen molar-refractivity contribution in [1.29, 1.82) is 0 Å². The lowest BCUT2D eigenvalue weighted by Gasteiger charge is -2.27. The lowest BCUT2D eigenvalue weighted by atomic mass is 10.1. The molecular formula is C17H16ClN5O. The summed E-state index contributed by atoms with van der Waals surface area (Å²) in [6.45, 7) is 3.65. The van der Waals surface area contributed by atoms with E-state index in [0.29, 0.717) is 22.1 Å². The number of pyridine rings is 1. The van der Waals surface area contributed by atoms with Crippen LogP contribution in [0.15, 0.2) is 41.5 Å². The lowest BCUT2D eigenvalue weighted by Crippen LogP contribution is -2.44. The molecule has 1 aromatic carbocycles. The molecule has 0 spiro atoms. The number of piperazine rings is 1. The first-order chi connectivity index (χ1) is 11.7. The van der Waals surface area contributed by atoms with Crippen molar-refractivity contribution in [3.63, 3.8) is 0 Å². The van der Waals surface area contributed by atoms with Gasteiger partial charge in [0.05, 0.1) is 5.69 Å². The van der Waals surface area contributed by atoms with Gasteiger partial charge < -0.3 is 15.2 Å². The minimum atomic E-state index is -0.170. The van der Waals surface area contributed by atoms with E-state index in [2.05, 4.69) is 25.2 Å². The molecule has 2 aromatic heterocycles. The highest BCUT2D eigenvalue weighted by Crippen LogP contribution is 2.25. The quantitative estimate of drug-likeness (QED) is 0.746. The smallest absolute Gasteiger partial charge is 0.256 e. The molecule has 1 aliphatic heterocycles. The molecule has 0 radical (unpaired) electrons. The van der Waals surface area contributed by atoms with Gasteiger partial charge in [0.25, 0.3) is 5.56 Å². The van der Waals surface area contributed by atoms with Crippen LogP contribution in [0.5, 0.6) is 0 Å². The van der Waals surface area contributed by atoms with Crippen LogP contribution in [0.1, 0.15) is 0 Å². The number of aromatic amines is 1. The number of hydrogen-bond donors (Lipinski definition) is 2. The summed E-state index contributed by atoms with van der Waals surface area (Å²) in [4.78, 5) is 26.2. The maximum absolute atomic E-state index is 12.3. The zero-order chi connectivity index (χ0) is 16.5. The topological polar surface area (TPSA) is 73.9 Å². The van der Waals surface area contributed by atoms with Gasteiger partial charge in [-0.05, 0) is 18.2 Å². The van der Waals surface area contributed by atoms with Crippen LogP contribution in [0.2, 0.25) is 5.02 Å². The van der Waals surface area contributed by atoms with Gasteiger partial charge in [0.1, 0.15) is 0 Å².